The zero-order valence-electron chi connectivity index (χ0n) is 17.6. The number of nitrogens with zero attached hydrogens (tertiary/aromatic N) is 1. The van der Waals surface area contributed by atoms with Crippen LogP contribution in [0.1, 0.15) is 31.4 Å². The van der Waals surface area contributed by atoms with Crippen LogP contribution in [0.2, 0.25) is 0 Å². The van der Waals surface area contributed by atoms with Gasteiger partial charge in [0.1, 0.15) is 17.5 Å². The molecule has 0 bridgehead atoms. The molecule has 0 heterocycles. The molecule has 1 N–H and O–H groups in total. The largest absolute Gasteiger partial charge is 0.497 e. The number of ether oxygens (including phenoxy) is 2. The molecule has 0 aliphatic carbocycles. The molecule has 1 atom stereocenters. The number of likely N-dealkylation sites (N-methyl/N-ethyl adjacent to an activating group) is 1. The van der Waals surface area contributed by atoms with Gasteiger partial charge in [0.05, 0.1) is 7.11 Å². The lowest BCUT2D eigenvalue weighted by Gasteiger charge is -2.30. The maximum absolute atomic E-state index is 13.0. The predicted molar refractivity (Wildman–Crippen MR) is 113 cm³/mol. The van der Waals surface area contributed by atoms with E-state index in [0.29, 0.717) is 24.5 Å². The average molecular weight is 399 g/mol. The molecule has 0 radical (unpaired) electrons. The van der Waals surface area contributed by atoms with Crippen LogP contribution in [0.4, 0.5) is 0 Å². The highest BCUT2D eigenvalue weighted by Gasteiger charge is 2.28. The summed E-state index contributed by atoms with van der Waals surface area (Å²) in [7, 11) is 3.17. The highest BCUT2D eigenvalue weighted by molar-refractivity contribution is 5.88. The molecule has 2 aromatic rings. The summed E-state index contributed by atoms with van der Waals surface area (Å²) in [6.07, 6.45) is 1.44. The SMILES string of the molecule is CCc1ccc(OCC(=O)N(Cc2cccc(OC)c2)[C@@H](CC)C(=O)NC)cc1. The Morgan fingerprint density at radius 3 is 2.34 bits per heavy atom. The monoisotopic (exact) mass is 398 g/mol. The third kappa shape index (κ3) is 6.24. The normalized spacial score (nSPS) is 11.4. The number of benzene rings is 2. The summed E-state index contributed by atoms with van der Waals surface area (Å²) < 4.78 is 11.0. The first-order valence-corrected chi connectivity index (χ1v) is 9.88. The fourth-order valence-corrected chi connectivity index (χ4v) is 3.10. The number of nitrogens with one attached hydrogen (secondary N) is 1. The van der Waals surface area contributed by atoms with Gasteiger partial charge in [-0.2, -0.15) is 0 Å². The molecule has 0 spiro atoms. The van der Waals surface area contributed by atoms with Crippen molar-refractivity contribution in [1.29, 1.82) is 0 Å². The Bertz CT molecular complexity index is 805. The van der Waals surface area contributed by atoms with E-state index >= 15 is 0 Å². The second kappa shape index (κ2) is 11.1. The van der Waals surface area contributed by atoms with Gasteiger partial charge in [0.2, 0.25) is 5.91 Å². The number of amides is 2. The lowest BCUT2D eigenvalue weighted by Crippen LogP contribution is -2.49. The van der Waals surface area contributed by atoms with Crippen molar-refractivity contribution >= 4 is 11.8 Å². The Morgan fingerprint density at radius 2 is 1.76 bits per heavy atom. The van der Waals surface area contributed by atoms with E-state index in [2.05, 4.69) is 12.2 Å². The van der Waals surface area contributed by atoms with Gasteiger partial charge in [0.15, 0.2) is 6.61 Å². The third-order valence-electron chi connectivity index (χ3n) is 4.81. The summed E-state index contributed by atoms with van der Waals surface area (Å²) in [5.74, 6) is 0.888. The number of rotatable bonds is 10. The van der Waals surface area contributed by atoms with Crippen LogP contribution >= 0.6 is 0 Å². The van der Waals surface area contributed by atoms with Gasteiger partial charge in [-0.05, 0) is 48.2 Å². The van der Waals surface area contributed by atoms with Crippen molar-refractivity contribution in [2.24, 2.45) is 0 Å². The molecule has 0 aliphatic heterocycles. The van der Waals surface area contributed by atoms with Crippen molar-refractivity contribution in [1.82, 2.24) is 10.2 Å². The van der Waals surface area contributed by atoms with Gasteiger partial charge in [0.25, 0.3) is 5.91 Å². The average Bonchev–Trinajstić information content (AvgIpc) is 2.77. The summed E-state index contributed by atoms with van der Waals surface area (Å²) in [6.45, 7) is 4.12. The van der Waals surface area contributed by atoms with Crippen LogP contribution < -0.4 is 14.8 Å². The Balaban J connectivity index is 2.17. The molecule has 2 amide bonds. The predicted octanol–water partition coefficient (Wildman–Crippen LogP) is 3.19. The van der Waals surface area contributed by atoms with E-state index in [9.17, 15) is 9.59 Å². The Hall–Kier alpha value is -3.02. The second-order valence-electron chi connectivity index (χ2n) is 6.70. The van der Waals surface area contributed by atoms with E-state index in [-0.39, 0.29) is 18.4 Å². The standard InChI is InChI=1S/C23H30N2O4/c1-5-17-10-12-19(13-11-17)29-16-22(26)25(21(6-2)23(27)24-3)15-18-8-7-9-20(14-18)28-4/h7-14,21H,5-6,15-16H2,1-4H3,(H,24,27)/t21-/m0/s1. The first-order chi connectivity index (χ1) is 14.0. The van der Waals surface area contributed by atoms with Gasteiger partial charge >= 0.3 is 0 Å². The summed E-state index contributed by atoms with van der Waals surface area (Å²) in [5, 5.41) is 2.65. The molecule has 0 fully saturated rings. The lowest BCUT2D eigenvalue weighted by atomic mass is 10.1. The van der Waals surface area contributed by atoms with E-state index in [0.717, 1.165) is 12.0 Å². The number of hydrogen-bond donors (Lipinski definition) is 1. The van der Waals surface area contributed by atoms with Gasteiger partial charge in [-0.25, -0.2) is 0 Å². The van der Waals surface area contributed by atoms with Crippen molar-refractivity contribution in [3.8, 4) is 11.5 Å². The molecular weight excluding hydrogens is 368 g/mol. The Morgan fingerprint density at radius 1 is 1.03 bits per heavy atom. The van der Waals surface area contributed by atoms with Gasteiger partial charge < -0.3 is 19.7 Å². The molecule has 156 valence electrons. The fraction of sp³-hybridized carbons (Fsp3) is 0.391. The highest BCUT2D eigenvalue weighted by atomic mass is 16.5. The van der Waals surface area contributed by atoms with Gasteiger partial charge in [-0.1, -0.05) is 38.1 Å². The summed E-state index contributed by atoms with van der Waals surface area (Å²) >= 11 is 0. The van der Waals surface area contributed by atoms with Crippen LogP contribution in [0.15, 0.2) is 48.5 Å². The molecule has 0 aromatic heterocycles. The van der Waals surface area contributed by atoms with Crippen LogP contribution in [-0.4, -0.2) is 43.5 Å². The van der Waals surface area contributed by atoms with Gasteiger partial charge in [-0.15, -0.1) is 0 Å². The minimum Gasteiger partial charge on any atom is -0.497 e. The second-order valence-corrected chi connectivity index (χ2v) is 6.70. The Kier molecular flexibility index (Phi) is 8.52. The van der Waals surface area contributed by atoms with Crippen molar-refractivity contribution in [3.63, 3.8) is 0 Å². The van der Waals surface area contributed by atoms with E-state index < -0.39 is 6.04 Å². The van der Waals surface area contributed by atoms with Crippen molar-refractivity contribution in [3.05, 3.63) is 59.7 Å². The highest BCUT2D eigenvalue weighted by Crippen LogP contribution is 2.18. The van der Waals surface area contributed by atoms with Crippen LogP contribution in [0.3, 0.4) is 0 Å². The minimum atomic E-state index is -0.579. The van der Waals surface area contributed by atoms with Crippen LogP contribution in [-0.2, 0) is 22.6 Å². The van der Waals surface area contributed by atoms with Crippen LogP contribution in [0.5, 0.6) is 11.5 Å². The number of carbonyl (C=O) groups is 2. The van der Waals surface area contributed by atoms with Crippen LogP contribution in [0, 0.1) is 0 Å². The van der Waals surface area contributed by atoms with E-state index in [4.69, 9.17) is 9.47 Å². The number of methoxy groups -OCH3 is 1. The molecule has 29 heavy (non-hydrogen) atoms. The van der Waals surface area contributed by atoms with E-state index in [1.807, 2.05) is 55.5 Å². The third-order valence-corrected chi connectivity index (χ3v) is 4.81. The minimum absolute atomic E-state index is 0.136. The molecule has 6 heteroatoms. The fourth-order valence-electron chi connectivity index (χ4n) is 3.10. The summed E-state index contributed by atoms with van der Waals surface area (Å²) in [5.41, 5.74) is 2.08. The van der Waals surface area contributed by atoms with Crippen molar-refractivity contribution < 1.29 is 19.1 Å². The first-order valence-electron chi connectivity index (χ1n) is 9.88. The maximum atomic E-state index is 13.0. The molecule has 0 aliphatic rings. The van der Waals surface area contributed by atoms with Gasteiger partial charge in [-0.3, -0.25) is 9.59 Å². The zero-order chi connectivity index (χ0) is 21.2. The first kappa shape index (κ1) is 22.3. The summed E-state index contributed by atoms with van der Waals surface area (Å²) in [4.78, 5) is 26.9. The molecule has 0 unspecified atom stereocenters. The van der Waals surface area contributed by atoms with E-state index in [1.165, 1.54) is 5.56 Å². The van der Waals surface area contributed by atoms with Crippen molar-refractivity contribution in [2.45, 2.75) is 39.3 Å². The number of hydrogen-bond acceptors (Lipinski definition) is 4. The van der Waals surface area contributed by atoms with Crippen LogP contribution in [0.25, 0.3) is 0 Å². The van der Waals surface area contributed by atoms with Gasteiger partial charge in [0, 0.05) is 13.6 Å². The van der Waals surface area contributed by atoms with Crippen molar-refractivity contribution in [2.75, 3.05) is 20.8 Å². The smallest absolute Gasteiger partial charge is 0.261 e. The lowest BCUT2D eigenvalue weighted by molar-refractivity contribution is -0.142. The van der Waals surface area contributed by atoms with E-state index in [1.54, 1.807) is 19.1 Å². The maximum Gasteiger partial charge on any atom is 0.261 e. The molecule has 2 rings (SSSR count). The number of aryl methyl sites for hydroxylation is 1. The molecule has 6 nitrogen and oxygen atoms in total. The number of carbonyl (C=O) groups excluding carboxylic acids is 2. The molecule has 0 saturated heterocycles. The topological polar surface area (TPSA) is 67.9 Å². The quantitative estimate of drug-likeness (QED) is 0.667. The zero-order valence-corrected chi connectivity index (χ0v) is 17.6. The molecular formula is C23H30N2O4. The molecule has 2 aromatic carbocycles. The summed E-state index contributed by atoms with van der Waals surface area (Å²) in [6, 6.07) is 14.6. The molecule has 0 saturated carbocycles. The Labute approximate surface area is 172 Å².